The maximum atomic E-state index is 15.9. The summed E-state index contributed by atoms with van der Waals surface area (Å²) in [5.74, 6) is -1.23. The second kappa shape index (κ2) is 21.4. The average molecular weight is 979 g/mol. The number of thiazole rings is 1. The number of unbranched alkanes of at least 4 members (excludes halogenated alkanes) is 1. The van der Waals surface area contributed by atoms with Crippen molar-refractivity contribution in [1.82, 2.24) is 20.5 Å². The molecule has 7 rings (SSSR count). The first-order valence-electron chi connectivity index (χ1n) is 22.3. The molecule has 0 radical (unpaired) electrons. The zero-order valence-corrected chi connectivity index (χ0v) is 40.9. The third kappa shape index (κ3) is 11.2. The van der Waals surface area contributed by atoms with Crippen molar-refractivity contribution in [2.75, 3.05) is 36.2 Å². The fourth-order valence-electron chi connectivity index (χ4n) is 8.21. The van der Waals surface area contributed by atoms with Gasteiger partial charge in [0, 0.05) is 25.9 Å². The Labute approximate surface area is 410 Å². The van der Waals surface area contributed by atoms with Gasteiger partial charge in [-0.2, -0.15) is 5.26 Å². The van der Waals surface area contributed by atoms with Crippen LogP contribution in [0.25, 0.3) is 21.6 Å². The monoisotopic (exact) mass is 977 g/mol. The van der Waals surface area contributed by atoms with Gasteiger partial charge in [-0.25, -0.2) is 4.39 Å². The topological polar surface area (TPSA) is 157 Å². The molecule has 2 aliphatic rings. The van der Waals surface area contributed by atoms with Crippen molar-refractivity contribution >= 4 is 75.3 Å². The van der Waals surface area contributed by atoms with Crippen molar-refractivity contribution in [3.05, 3.63) is 119 Å². The van der Waals surface area contributed by atoms with Crippen LogP contribution in [0.3, 0.4) is 0 Å². The number of aromatic nitrogens is 1. The fourth-order valence-corrected chi connectivity index (χ4v) is 9.57. The van der Waals surface area contributed by atoms with Gasteiger partial charge in [0.25, 0.3) is 5.91 Å². The van der Waals surface area contributed by atoms with E-state index in [0.717, 1.165) is 21.6 Å². The molecule has 4 amide bonds. The van der Waals surface area contributed by atoms with Gasteiger partial charge in [0.1, 0.15) is 41.9 Å². The summed E-state index contributed by atoms with van der Waals surface area (Å²) in [7, 11) is 0. The van der Waals surface area contributed by atoms with Crippen LogP contribution in [0.1, 0.15) is 71.4 Å². The molecule has 3 heterocycles. The number of carbonyl (C=O) groups excluding carboxylic acids is 4. The Kier molecular flexibility index (Phi) is 15.6. The van der Waals surface area contributed by atoms with Crippen LogP contribution in [0.5, 0.6) is 5.75 Å². The SMILES string of the molecule is CC(C)(C)C(NC(=O)COCCCCOc1ccc(-c2ccc(N3C(=S)N(c4ccc(C#N)c(Cl)c4)C(=O)C3(C)C)c(F)c2)cc1)C(=O)N1CCC[C@H]1C(=O)NCc1ccc(-c2cncs2)cc1. The summed E-state index contributed by atoms with van der Waals surface area (Å²) in [6, 6.07) is 25.0. The van der Waals surface area contributed by atoms with Crippen LogP contribution in [0, 0.1) is 22.6 Å². The highest BCUT2D eigenvalue weighted by Gasteiger charge is 2.51. The molecule has 2 saturated heterocycles. The van der Waals surface area contributed by atoms with Crippen molar-refractivity contribution in [3.63, 3.8) is 0 Å². The maximum absolute atomic E-state index is 15.9. The largest absolute Gasteiger partial charge is 0.494 e. The second-order valence-electron chi connectivity index (χ2n) is 18.2. The Morgan fingerprint density at radius 3 is 2.37 bits per heavy atom. The number of thiocarbonyl (C=S) groups is 1. The van der Waals surface area contributed by atoms with Gasteiger partial charge in [0.05, 0.1) is 39.0 Å². The lowest BCUT2D eigenvalue weighted by atomic mass is 9.85. The van der Waals surface area contributed by atoms with Gasteiger partial charge in [0.2, 0.25) is 17.7 Å². The average Bonchev–Trinajstić information content (AvgIpc) is 4.07. The lowest BCUT2D eigenvalue weighted by Gasteiger charge is -2.35. The first kappa shape index (κ1) is 49.6. The third-order valence-electron chi connectivity index (χ3n) is 12.0. The van der Waals surface area contributed by atoms with Crippen LogP contribution in [-0.2, 0) is 30.5 Å². The number of anilines is 2. The summed E-state index contributed by atoms with van der Waals surface area (Å²) in [5.41, 5.74) is 4.11. The molecule has 4 aromatic carbocycles. The Morgan fingerprint density at radius 1 is 1.00 bits per heavy atom. The molecule has 2 atom stereocenters. The number of halogens is 2. The van der Waals surface area contributed by atoms with Crippen LogP contribution in [-0.4, -0.2) is 82.6 Å². The highest BCUT2D eigenvalue weighted by atomic mass is 35.5. The number of nitrogens with one attached hydrogen (secondary N) is 2. The van der Waals surface area contributed by atoms with E-state index in [1.165, 1.54) is 28.0 Å². The summed E-state index contributed by atoms with van der Waals surface area (Å²) in [6.45, 7) is 10.2. The summed E-state index contributed by atoms with van der Waals surface area (Å²) in [6.07, 6.45) is 4.33. The number of rotatable bonds is 17. The van der Waals surface area contributed by atoms with E-state index >= 15 is 4.39 Å². The van der Waals surface area contributed by atoms with E-state index in [-0.39, 0.29) is 45.7 Å². The molecule has 2 N–H and O–H groups in total. The number of amides is 4. The van der Waals surface area contributed by atoms with Crippen molar-refractivity contribution < 1.29 is 33.0 Å². The normalized spacial score (nSPS) is 16.1. The van der Waals surface area contributed by atoms with E-state index in [0.29, 0.717) is 69.0 Å². The molecule has 354 valence electrons. The molecule has 13 nitrogen and oxygen atoms in total. The molecule has 2 fully saturated rings. The standard InChI is InChI=1S/C51H53ClFN7O6S2/c1-50(2,3)45(47(63)58-22-8-9-42(58)46(62)56-28-32-10-12-34(13-11-32)43-29-55-31-68-43)57-44(61)30-65-23-6-7-24-66-38-19-15-33(16-20-38)35-17-21-41(40(53)25-35)60-49(67)59(48(64)51(60,4)5)37-18-14-36(27-54)39(52)26-37/h10-21,25-26,29,31,42,45H,6-9,22-24,28,30H2,1-5H3,(H,56,62)(H,57,61)/t42-,45?/m0/s1. The number of likely N-dealkylation sites (tertiary alicyclic amines) is 1. The molecule has 0 aliphatic carbocycles. The van der Waals surface area contributed by atoms with Crippen LogP contribution < -0.4 is 25.2 Å². The van der Waals surface area contributed by atoms with E-state index in [1.54, 1.807) is 65.9 Å². The molecule has 1 unspecified atom stereocenters. The lowest BCUT2D eigenvalue weighted by Crippen LogP contribution is -2.58. The molecule has 68 heavy (non-hydrogen) atoms. The number of ether oxygens (including phenoxy) is 2. The van der Waals surface area contributed by atoms with Gasteiger partial charge in [-0.05, 0) is 122 Å². The summed E-state index contributed by atoms with van der Waals surface area (Å²) in [5, 5.41) is 15.4. The van der Waals surface area contributed by atoms with Crippen molar-refractivity contribution in [2.24, 2.45) is 5.41 Å². The maximum Gasteiger partial charge on any atom is 0.259 e. The molecule has 17 heteroatoms. The minimum Gasteiger partial charge on any atom is -0.494 e. The Hall–Kier alpha value is -6.25. The quantitative estimate of drug-likeness (QED) is 0.0681. The molecule has 0 spiro atoms. The van der Waals surface area contributed by atoms with Crippen LogP contribution in [0.4, 0.5) is 15.8 Å². The molecule has 0 saturated carbocycles. The third-order valence-corrected chi connectivity index (χ3v) is 13.5. The van der Waals surface area contributed by atoms with Crippen LogP contribution in [0.15, 0.2) is 96.6 Å². The predicted octanol–water partition coefficient (Wildman–Crippen LogP) is 9.07. The predicted molar refractivity (Wildman–Crippen MR) is 266 cm³/mol. The molecule has 0 bridgehead atoms. The first-order valence-corrected chi connectivity index (χ1v) is 24.0. The number of carbonyl (C=O) groups is 4. The van der Waals surface area contributed by atoms with Gasteiger partial charge in [-0.3, -0.25) is 29.1 Å². The van der Waals surface area contributed by atoms with Gasteiger partial charge in [0.15, 0.2) is 5.11 Å². The number of hydrogen-bond acceptors (Lipinski definition) is 10. The minimum atomic E-state index is -1.21. The fraction of sp³-hybridized carbons (Fsp3) is 0.353. The van der Waals surface area contributed by atoms with E-state index in [9.17, 15) is 24.4 Å². The second-order valence-corrected chi connectivity index (χ2v) is 19.9. The van der Waals surface area contributed by atoms with Crippen molar-refractivity contribution in [3.8, 4) is 33.4 Å². The van der Waals surface area contributed by atoms with E-state index in [1.807, 2.05) is 69.4 Å². The highest BCUT2D eigenvalue weighted by molar-refractivity contribution is 7.81. The zero-order chi connectivity index (χ0) is 48.8. The Balaban J connectivity index is 0.834. The molecule has 1 aromatic heterocycles. The number of hydrogen-bond donors (Lipinski definition) is 2. The minimum absolute atomic E-state index is 0.0854. The van der Waals surface area contributed by atoms with E-state index < -0.39 is 34.8 Å². The van der Waals surface area contributed by atoms with Gasteiger partial charge < -0.3 is 29.9 Å². The lowest BCUT2D eigenvalue weighted by molar-refractivity contribution is -0.144. The Bertz CT molecular complexity index is 2710. The molecule has 5 aromatic rings. The summed E-state index contributed by atoms with van der Waals surface area (Å²) >= 11 is 13.5. The van der Waals surface area contributed by atoms with Crippen molar-refractivity contribution in [2.45, 2.75) is 84.5 Å². The van der Waals surface area contributed by atoms with E-state index in [2.05, 4.69) is 15.6 Å². The van der Waals surface area contributed by atoms with Crippen LogP contribution >= 0.6 is 35.2 Å². The summed E-state index contributed by atoms with van der Waals surface area (Å²) < 4.78 is 27.5. The molecule has 2 aliphatic heterocycles. The highest BCUT2D eigenvalue weighted by Crippen LogP contribution is 2.40. The van der Waals surface area contributed by atoms with Gasteiger partial charge >= 0.3 is 0 Å². The van der Waals surface area contributed by atoms with Gasteiger partial charge in [-0.1, -0.05) is 74.8 Å². The number of nitrogens with zero attached hydrogens (tertiary/aromatic N) is 5. The van der Waals surface area contributed by atoms with Crippen LogP contribution in [0.2, 0.25) is 5.02 Å². The molecular weight excluding hydrogens is 925 g/mol. The number of benzene rings is 4. The zero-order valence-electron chi connectivity index (χ0n) is 38.5. The van der Waals surface area contributed by atoms with E-state index in [4.69, 9.17) is 33.3 Å². The smallest absolute Gasteiger partial charge is 0.259 e. The number of nitriles is 1. The summed E-state index contributed by atoms with van der Waals surface area (Å²) in [4.78, 5) is 63.5. The Morgan fingerprint density at radius 2 is 1.71 bits per heavy atom. The van der Waals surface area contributed by atoms with Crippen molar-refractivity contribution in [1.29, 1.82) is 5.26 Å². The van der Waals surface area contributed by atoms with Gasteiger partial charge in [-0.15, -0.1) is 11.3 Å². The first-order chi connectivity index (χ1) is 32.5. The molecular formula is C51H53ClFN7O6S2.